The molecule has 9 nitrogen and oxygen atoms in total. The lowest BCUT2D eigenvalue weighted by Crippen LogP contribution is -2.29. The highest BCUT2D eigenvalue weighted by Gasteiger charge is 2.39. The number of hydrogen-bond donors (Lipinski definition) is 1. The van der Waals surface area contributed by atoms with Crippen molar-refractivity contribution in [1.82, 2.24) is 14.6 Å². The zero-order valence-corrected chi connectivity index (χ0v) is 22.2. The number of fused-ring (bicyclic) bond motifs is 1. The number of nitrogens with zero attached hydrogens (tertiary/aromatic N) is 4. The van der Waals surface area contributed by atoms with Crippen molar-refractivity contribution < 1.29 is 18.0 Å². The number of sulfonamides is 1. The Labute approximate surface area is 222 Å². The summed E-state index contributed by atoms with van der Waals surface area (Å²) >= 11 is 2.80. The normalized spacial score (nSPS) is 18.4. The summed E-state index contributed by atoms with van der Waals surface area (Å²) in [5, 5.41) is 1.26. The predicted octanol–water partition coefficient (Wildman–Crippen LogP) is 4.08. The molecule has 2 aliphatic heterocycles. The molecule has 1 saturated heterocycles. The molecule has 0 radical (unpaired) electrons. The minimum atomic E-state index is -4.01. The van der Waals surface area contributed by atoms with Crippen LogP contribution in [-0.2, 0) is 26.2 Å². The molecule has 3 heterocycles. The molecule has 0 atom stereocenters. The van der Waals surface area contributed by atoms with Crippen LogP contribution in [0, 0.1) is 0 Å². The van der Waals surface area contributed by atoms with Crippen molar-refractivity contribution in [3.05, 3.63) is 88.4 Å². The number of anilines is 1. The Balaban J connectivity index is 1.50. The molecule has 5 rings (SSSR count). The zero-order valence-electron chi connectivity index (χ0n) is 19.8. The average molecular weight is 552 g/mol. The first-order valence-corrected chi connectivity index (χ1v) is 14.2. The van der Waals surface area contributed by atoms with Crippen LogP contribution in [0.5, 0.6) is 0 Å². The summed E-state index contributed by atoms with van der Waals surface area (Å²) in [4.78, 5) is 38.7. The first kappa shape index (κ1) is 25.1. The molecule has 0 saturated carbocycles. The van der Waals surface area contributed by atoms with Crippen molar-refractivity contribution >= 4 is 62.0 Å². The third-order valence-electron chi connectivity index (χ3n) is 5.50. The fourth-order valence-corrected chi connectivity index (χ4v) is 7.03. The van der Waals surface area contributed by atoms with Crippen LogP contribution in [0.3, 0.4) is 0 Å². The maximum Gasteiger partial charge on any atom is 0.269 e. The summed E-state index contributed by atoms with van der Waals surface area (Å²) in [6.45, 7) is 1.43. The van der Waals surface area contributed by atoms with E-state index in [4.69, 9.17) is 0 Å². The summed E-state index contributed by atoms with van der Waals surface area (Å²) in [6.07, 6.45) is 1.13. The summed E-state index contributed by atoms with van der Waals surface area (Å²) < 4.78 is 26.4. The maximum atomic E-state index is 13.7. The minimum Gasteiger partial charge on any atom is -0.337 e. The molecule has 0 unspecified atom stereocenters. The molecule has 0 bridgehead atoms. The Morgan fingerprint density at radius 3 is 2.43 bits per heavy atom. The van der Waals surface area contributed by atoms with Gasteiger partial charge in [0.05, 0.1) is 17.3 Å². The predicted molar refractivity (Wildman–Crippen MR) is 145 cm³/mol. The van der Waals surface area contributed by atoms with Crippen LogP contribution < -0.4 is 9.62 Å². The van der Waals surface area contributed by atoms with Gasteiger partial charge >= 0.3 is 0 Å². The number of carbonyl (C=O) groups excluding carboxylic acids is 2. The molecular formula is C25H21N5O4S3. The van der Waals surface area contributed by atoms with E-state index < -0.39 is 15.9 Å². The lowest BCUT2D eigenvalue weighted by atomic mass is 10.2. The van der Waals surface area contributed by atoms with Gasteiger partial charge in [0.1, 0.15) is 9.80 Å². The number of para-hydroxylation sites is 1. The van der Waals surface area contributed by atoms with E-state index in [1.807, 2.05) is 71.3 Å². The molecular weight excluding hydrogens is 531 g/mol. The Morgan fingerprint density at radius 2 is 1.76 bits per heavy atom. The van der Waals surface area contributed by atoms with Crippen LogP contribution in [0.2, 0.25) is 0 Å². The van der Waals surface area contributed by atoms with Gasteiger partial charge in [0.25, 0.3) is 15.9 Å². The topological polar surface area (TPSA) is 112 Å². The molecule has 1 aromatic heterocycles. The summed E-state index contributed by atoms with van der Waals surface area (Å²) in [6, 6.07) is 20.3. The lowest BCUT2D eigenvalue weighted by Gasteiger charge is -2.16. The molecule has 2 aromatic carbocycles. The van der Waals surface area contributed by atoms with Crippen molar-refractivity contribution in [3.8, 4) is 0 Å². The van der Waals surface area contributed by atoms with Gasteiger partial charge in [0, 0.05) is 25.1 Å². The Kier molecular flexibility index (Phi) is 6.80. The fraction of sp³-hybridized carbons (Fsp3) is 0.120. The molecule has 0 aliphatic carbocycles. The van der Waals surface area contributed by atoms with Gasteiger partial charge in [-0.3, -0.25) is 14.5 Å². The van der Waals surface area contributed by atoms with Gasteiger partial charge in [-0.1, -0.05) is 54.2 Å². The molecule has 37 heavy (non-hydrogen) atoms. The number of rotatable bonds is 5. The molecule has 3 aromatic rings. The standard InChI is InChI=1S/C25H21N5O4S3/c1-16(31)28-37(33,34)18-12-13-21(26-14-18)27-25-30(15-17-8-4-3-5-9-17)23(32)22(36-25)24-29(2)19-10-6-7-11-20(19)35-24/h3-14H,15H2,1-2H3,(H,28,31). The second-order valence-electron chi connectivity index (χ2n) is 8.15. The number of nitrogens with one attached hydrogen (secondary N) is 1. The van der Waals surface area contributed by atoms with Crippen molar-refractivity contribution in [2.75, 3.05) is 11.9 Å². The highest BCUT2D eigenvalue weighted by atomic mass is 32.2. The van der Waals surface area contributed by atoms with Crippen molar-refractivity contribution in [2.45, 2.75) is 23.3 Å². The highest BCUT2D eigenvalue weighted by molar-refractivity contribution is 8.19. The summed E-state index contributed by atoms with van der Waals surface area (Å²) in [5.74, 6) is -0.629. The molecule has 1 N–H and O–H groups in total. The Morgan fingerprint density at radius 1 is 1.03 bits per heavy atom. The van der Waals surface area contributed by atoms with Crippen molar-refractivity contribution in [1.29, 1.82) is 0 Å². The molecule has 1 fully saturated rings. The van der Waals surface area contributed by atoms with Gasteiger partial charge < -0.3 is 4.90 Å². The first-order chi connectivity index (χ1) is 17.7. The average Bonchev–Trinajstić information content (AvgIpc) is 3.36. The summed E-state index contributed by atoms with van der Waals surface area (Å²) in [7, 11) is -2.08. The van der Waals surface area contributed by atoms with E-state index in [-0.39, 0.29) is 16.6 Å². The highest BCUT2D eigenvalue weighted by Crippen LogP contribution is 2.50. The SMILES string of the molecule is CC(=O)NS(=O)(=O)c1ccc(N=C2SC(=C3Sc4ccccc4N3C)C(=O)N2Cc2ccccc2)nc1. The van der Waals surface area contributed by atoms with Crippen molar-refractivity contribution in [3.63, 3.8) is 0 Å². The van der Waals surface area contributed by atoms with Crippen LogP contribution in [0.15, 0.2) is 97.6 Å². The third-order valence-corrected chi connectivity index (χ3v) is 9.35. The van der Waals surface area contributed by atoms with Crippen LogP contribution in [0.4, 0.5) is 11.5 Å². The van der Waals surface area contributed by atoms with Gasteiger partial charge in [0.15, 0.2) is 11.0 Å². The maximum absolute atomic E-state index is 13.7. The van der Waals surface area contributed by atoms with E-state index in [1.54, 1.807) is 4.90 Å². The van der Waals surface area contributed by atoms with Gasteiger partial charge in [-0.25, -0.2) is 23.1 Å². The molecule has 0 spiro atoms. The fourth-order valence-electron chi connectivity index (χ4n) is 3.77. The molecule has 2 aliphatic rings. The minimum absolute atomic E-state index is 0.160. The van der Waals surface area contributed by atoms with Crippen molar-refractivity contribution in [2.24, 2.45) is 4.99 Å². The zero-order chi connectivity index (χ0) is 26.2. The number of aliphatic imine (C=N–C) groups is 1. The summed E-state index contributed by atoms with van der Waals surface area (Å²) in [5.41, 5.74) is 1.97. The Bertz CT molecular complexity index is 1550. The van der Waals surface area contributed by atoms with Crippen LogP contribution in [0.25, 0.3) is 0 Å². The van der Waals surface area contributed by atoms with E-state index in [2.05, 4.69) is 9.98 Å². The molecule has 2 amide bonds. The second-order valence-corrected chi connectivity index (χ2v) is 11.8. The molecule has 188 valence electrons. The van der Waals surface area contributed by atoms with E-state index in [0.29, 0.717) is 16.6 Å². The van der Waals surface area contributed by atoms with E-state index in [9.17, 15) is 18.0 Å². The number of pyridine rings is 1. The monoisotopic (exact) mass is 551 g/mol. The van der Waals surface area contributed by atoms with E-state index >= 15 is 0 Å². The first-order valence-electron chi connectivity index (χ1n) is 11.1. The van der Waals surface area contributed by atoms with Crippen LogP contribution in [0.1, 0.15) is 12.5 Å². The van der Waals surface area contributed by atoms with Gasteiger partial charge in [-0.05, 0) is 41.6 Å². The largest absolute Gasteiger partial charge is 0.337 e. The third kappa shape index (κ3) is 5.13. The number of carbonyl (C=O) groups is 2. The van der Waals surface area contributed by atoms with Gasteiger partial charge in [-0.2, -0.15) is 0 Å². The smallest absolute Gasteiger partial charge is 0.269 e. The Hall–Kier alpha value is -3.61. The van der Waals surface area contributed by atoms with Crippen LogP contribution >= 0.6 is 23.5 Å². The van der Waals surface area contributed by atoms with Crippen LogP contribution in [-0.4, -0.2) is 42.3 Å². The second kappa shape index (κ2) is 10.0. The van der Waals surface area contributed by atoms with Gasteiger partial charge in [-0.15, -0.1) is 0 Å². The number of amides is 2. The van der Waals surface area contributed by atoms with E-state index in [0.717, 1.165) is 34.3 Å². The lowest BCUT2D eigenvalue weighted by molar-refractivity contribution is -0.122. The number of thioether (sulfide) groups is 2. The number of aromatic nitrogens is 1. The molecule has 12 heteroatoms. The number of amidine groups is 1. The quantitative estimate of drug-likeness (QED) is 0.472. The number of benzene rings is 2. The number of hydrogen-bond acceptors (Lipinski definition) is 9. The van der Waals surface area contributed by atoms with E-state index in [1.165, 1.54) is 35.7 Å². The van der Waals surface area contributed by atoms with Gasteiger partial charge in [0.2, 0.25) is 5.91 Å².